The minimum Gasteiger partial charge on any atom is -0.489 e. The first-order valence-electron chi connectivity index (χ1n) is 7.08. The summed E-state index contributed by atoms with van der Waals surface area (Å²) in [5, 5.41) is 11.4. The summed E-state index contributed by atoms with van der Waals surface area (Å²) in [6, 6.07) is 6.15. The number of rotatable bonds is 7. The number of hydrogen-bond donors (Lipinski definition) is 0. The lowest BCUT2D eigenvalue weighted by Gasteiger charge is -2.24. The summed E-state index contributed by atoms with van der Waals surface area (Å²) in [6.45, 7) is 7.65. The van der Waals surface area contributed by atoms with Crippen molar-refractivity contribution in [1.29, 1.82) is 0 Å². The van der Waals surface area contributed by atoms with E-state index in [0.29, 0.717) is 13.2 Å². The molecular weight excluding hydrogens is 268 g/mol. The molecular formula is C15H22N4O2. The van der Waals surface area contributed by atoms with Crippen molar-refractivity contribution in [3.8, 4) is 11.4 Å². The summed E-state index contributed by atoms with van der Waals surface area (Å²) in [5.74, 6) is 0.745. The number of tetrazole rings is 1. The first kappa shape index (κ1) is 15.4. The number of hydrogen-bond acceptors (Lipinski definition) is 5. The second-order valence-electron chi connectivity index (χ2n) is 5.52. The van der Waals surface area contributed by atoms with Gasteiger partial charge in [-0.3, -0.25) is 0 Å². The van der Waals surface area contributed by atoms with Gasteiger partial charge >= 0.3 is 0 Å². The molecule has 2 aromatic rings. The van der Waals surface area contributed by atoms with Gasteiger partial charge in [-0.2, -0.15) is 4.68 Å². The van der Waals surface area contributed by atoms with E-state index < -0.39 is 0 Å². The lowest BCUT2D eigenvalue weighted by molar-refractivity contribution is 0.146. The van der Waals surface area contributed by atoms with Crippen LogP contribution < -0.4 is 4.74 Å². The zero-order valence-electron chi connectivity index (χ0n) is 13.0. The molecule has 0 saturated heterocycles. The molecule has 1 heterocycles. The first-order valence-corrected chi connectivity index (χ1v) is 7.08. The van der Waals surface area contributed by atoms with Gasteiger partial charge in [0.05, 0.1) is 6.61 Å². The summed E-state index contributed by atoms with van der Waals surface area (Å²) in [5.41, 5.74) is 2.16. The van der Waals surface area contributed by atoms with Gasteiger partial charge in [0.1, 0.15) is 24.4 Å². The molecule has 0 spiro atoms. The van der Waals surface area contributed by atoms with Crippen molar-refractivity contribution >= 4 is 0 Å². The van der Waals surface area contributed by atoms with Crippen LogP contribution in [0, 0.1) is 0 Å². The summed E-state index contributed by atoms with van der Waals surface area (Å²) < 4.78 is 12.4. The van der Waals surface area contributed by atoms with Crippen LogP contribution in [0.5, 0.6) is 5.75 Å². The van der Waals surface area contributed by atoms with E-state index in [9.17, 15) is 0 Å². The molecule has 6 nitrogen and oxygen atoms in total. The monoisotopic (exact) mass is 290 g/mol. The highest BCUT2D eigenvalue weighted by molar-refractivity contribution is 5.49. The average molecular weight is 290 g/mol. The zero-order chi connectivity index (χ0) is 15.3. The average Bonchev–Trinajstić information content (AvgIpc) is 3.01. The number of ether oxygens (including phenoxy) is 2. The van der Waals surface area contributed by atoms with Crippen LogP contribution in [0.3, 0.4) is 0 Å². The molecule has 1 aromatic heterocycles. The van der Waals surface area contributed by atoms with Crippen LogP contribution in [0.2, 0.25) is 0 Å². The van der Waals surface area contributed by atoms with Crippen LogP contribution in [0.1, 0.15) is 32.8 Å². The lowest BCUT2D eigenvalue weighted by Crippen LogP contribution is -2.16. The second-order valence-corrected chi connectivity index (χ2v) is 5.52. The first-order chi connectivity index (χ1) is 10.1. The minimum absolute atomic E-state index is 0.0911. The standard InChI is InChI=1S/C15H22N4O2/c1-5-15(2,3)12-6-7-14(21-9-8-20-4)13(10-12)19-11-16-17-18-19/h6-7,10-11H,5,8-9H2,1-4H3. The molecule has 0 amide bonds. The number of benzene rings is 1. The third-order valence-corrected chi connectivity index (χ3v) is 3.77. The van der Waals surface area contributed by atoms with E-state index >= 15 is 0 Å². The smallest absolute Gasteiger partial charge is 0.145 e. The zero-order valence-corrected chi connectivity index (χ0v) is 13.0. The van der Waals surface area contributed by atoms with Crippen LogP contribution in [-0.4, -0.2) is 40.5 Å². The number of aromatic nitrogens is 4. The third-order valence-electron chi connectivity index (χ3n) is 3.77. The predicted molar refractivity (Wildman–Crippen MR) is 79.8 cm³/mol. The summed E-state index contributed by atoms with van der Waals surface area (Å²) in [6.07, 6.45) is 2.62. The number of nitrogens with zero attached hydrogens (tertiary/aromatic N) is 4. The fraction of sp³-hybridized carbons (Fsp3) is 0.533. The molecule has 0 N–H and O–H groups in total. The molecule has 0 atom stereocenters. The topological polar surface area (TPSA) is 62.1 Å². The Balaban J connectivity index is 2.37. The highest BCUT2D eigenvalue weighted by Gasteiger charge is 2.20. The van der Waals surface area contributed by atoms with Crippen LogP contribution in [-0.2, 0) is 10.2 Å². The molecule has 0 unspecified atom stereocenters. The molecule has 2 rings (SSSR count). The van der Waals surface area contributed by atoms with Crippen molar-refractivity contribution < 1.29 is 9.47 Å². The molecule has 0 aliphatic carbocycles. The molecule has 21 heavy (non-hydrogen) atoms. The van der Waals surface area contributed by atoms with E-state index in [1.165, 1.54) is 5.56 Å². The predicted octanol–water partition coefficient (Wildman–Crippen LogP) is 2.38. The van der Waals surface area contributed by atoms with E-state index in [1.54, 1.807) is 18.1 Å². The quantitative estimate of drug-likeness (QED) is 0.733. The van der Waals surface area contributed by atoms with Gasteiger partial charge in [0.25, 0.3) is 0 Å². The molecule has 0 bridgehead atoms. The minimum atomic E-state index is 0.0911. The Kier molecular flexibility index (Phi) is 4.90. The molecule has 6 heteroatoms. The van der Waals surface area contributed by atoms with Gasteiger partial charge in [-0.1, -0.05) is 26.8 Å². The number of methoxy groups -OCH3 is 1. The molecule has 0 fully saturated rings. The van der Waals surface area contributed by atoms with E-state index in [-0.39, 0.29) is 5.41 Å². The Hall–Kier alpha value is -1.95. The van der Waals surface area contributed by atoms with Gasteiger partial charge < -0.3 is 9.47 Å². The van der Waals surface area contributed by atoms with Gasteiger partial charge in [-0.25, -0.2) is 0 Å². The second kappa shape index (κ2) is 6.67. The van der Waals surface area contributed by atoms with Gasteiger partial charge in [-0.05, 0) is 40.0 Å². The summed E-state index contributed by atoms with van der Waals surface area (Å²) in [4.78, 5) is 0. The maximum absolute atomic E-state index is 5.76. The molecule has 0 aliphatic heterocycles. The fourth-order valence-electron chi connectivity index (χ4n) is 1.95. The fourth-order valence-corrected chi connectivity index (χ4v) is 1.95. The normalized spacial score (nSPS) is 11.6. The molecule has 114 valence electrons. The Morgan fingerprint density at radius 2 is 2.05 bits per heavy atom. The van der Waals surface area contributed by atoms with Gasteiger partial charge in [0.2, 0.25) is 0 Å². The van der Waals surface area contributed by atoms with Crippen LogP contribution in [0.15, 0.2) is 24.5 Å². The highest BCUT2D eigenvalue weighted by atomic mass is 16.5. The van der Waals surface area contributed by atoms with Gasteiger partial charge in [0, 0.05) is 7.11 Å². The summed E-state index contributed by atoms with van der Waals surface area (Å²) >= 11 is 0. The van der Waals surface area contributed by atoms with Crippen molar-refractivity contribution in [2.45, 2.75) is 32.6 Å². The maximum Gasteiger partial charge on any atom is 0.145 e. The van der Waals surface area contributed by atoms with Gasteiger partial charge in [-0.15, -0.1) is 5.10 Å². The summed E-state index contributed by atoms with van der Waals surface area (Å²) in [7, 11) is 1.65. The Bertz CT molecular complexity index is 567. The van der Waals surface area contributed by atoms with E-state index in [4.69, 9.17) is 9.47 Å². The lowest BCUT2D eigenvalue weighted by atomic mass is 9.82. The van der Waals surface area contributed by atoms with Crippen molar-refractivity contribution in [3.63, 3.8) is 0 Å². The maximum atomic E-state index is 5.76. The molecule has 1 aromatic carbocycles. The van der Waals surface area contributed by atoms with Crippen LogP contribution in [0.4, 0.5) is 0 Å². The third kappa shape index (κ3) is 3.58. The largest absolute Gasteiger partial charge is 0.489 e. The van der Waals surface area contributed by atoms with Crippen molar-refractivity contribution in [2.75, 3.05) is 20.3 Å². The SMILES string of the molecule is CCC(C)(C)c1ccc(OCCOC)c(-n2cnnn2)c1. The van der Waals surface area contributed by atoms with E-state index in [0.717, 1.165) is 17.9 Å². The van der Waals surface area contributed by atoms with Crippen molar-refractivity contribution in [1.82, 2.24) is 20.2 Å². The highest BCUT2D eigenvalue weighted by Crippen LogP contribution is 2.32. The van der Waals surface area contributed by atoms with Crippen LogP contribution >= 0.6 is 0 Å². The molecule has 0 radical (unpaired) electrons. The van der Waals surface area contributed by atoms with Crippen molar-refractivity contribution in [3.05, 3.63) is 30.1 Å². The Labute approximate surface area is 125 Å². The van der Waals surface area contributed by atoms with Gasteiger partial charge in [0.15, 0.2) is 0 Å². The van der Waals surface area contributed by atoms with E-state index in [1.807, 2.05) is 6.07 Å². The molecule has 0 aliphatic rings. The molecule has 0 saturated carbocycles. The van der Waals surface area contributed by atoms with Crippen LogP contribution in [0.25, 0.3) is 5.69 Å². The van der Waals surface area contributed by atoms with Crippen molar-refractivity contribution in [2.24, 2.45) is 0 Å². The Morgan fingerprint density at radius 3 is 2.67 bits per heavy atom. The van der Waals surface area contributed by atoms with E-state index in [2.05, 4.69) is 48.4 Å². The Morgan fingerprint density at radius 1 is 1.24 bits per heavy atom.